The zero-order chi connectivity index (χ0) is 16.5. The molecule has 1 N–H and O–H groups in total. The van der Waals surface area contributed by atoms with Crippen LogP contribution >= 0.6 is 7.37 Å². The molecule has 0 aliphatic heterocycles. The van der Waals surface area contributed by atoms with Crippen LogP contribution in [-0.4, -0.2) is 17.7 Å². The lowest BCUT2D eigenvalue weighted by Crippen LogP contribution is -1.88. The Morgan fingerprint density at radius 1 is 0.591 bits per heavy atom. The fourth-order valence-electron chi connectivity index (χ4n) is 2.95. The van der Waals surface area contributed by atoms with Gasteiger partial charge in [-0.3, -0.25) is 4.57 Å². The minimum absolute atomic E-state index is 0.505. The van der Waals surface area contributed by atoms with Crippen molar-refractivity contribution < 1.29 is 9.46 Å². The van der Waals surface area contributed by atoms with Crippen molar-refractivity contribution in [2.75, 3.05) is 12.8 Å². The van der Waals surface area contributed by atoms with Crippen LogP contribution in [0, 0.1) is 0 Å². The maximum Gasteiger partial charge on any atom is 0.197 e. The second-order valence-corrected chi connectivity index (χ2v) is 9.63. The largest absolute Gasteiger partial charge is 0.344 e. The highest BCUT2D eigenvalue weighted by Crippen LogP contribution is 2.36. The smallest absolute Gasteiger partial charge is 0.197 e. The highest BCUT2D eigenvalue weighted by Gasteiger charge is 2.07. The van der Waals surface area contributed by atoms with Crippen molar-refractivity contribution in [1.29, 1.82) is 0 Å². The summed E-state index contributed by atoms with van der Waals surface area (Å²) >= 11 is 0. The maximum absolute atomic E-state index is 11.1. The first-order valence-electron chi connectivity index (χ1n) is 9.85. The summed E-state index contributed by atoms with van der Waals surface area (Å²) in [6, 6.07) is 0. The molecule has 22 heavy (non-hydrogen) atoms. The molecule has 0 aliphatic carbocycles. The Morgan fingerprint density at radius 3 is 1.14 bits per heavy atom. The molecule has 0 aromatic carbocycles. The van der Waals surface area contributed by atoms with E-state index in [0.29, 0.717) is 6.16 Å². The molecule has 0 fully saturated rings. The van der Waals surface area contributed by atoms with E-state index >= 15 is 0 Å². The lowest BCUT2D eigenvalue weighted by molar-refractivity contribution is 0.480. The van der Waals surface area contributed by atoms with Gasteiger partial charge in [-0.25, -0.2) is 0 Å². The highest BCUT2D eigenvalue weighted by molar-refractivity contribution is 7.57. The average molecular weight is 333 g/mol. The Balaban J connectivity index is 3.01. The third-order valence-corrected chi connectivity index (χ3v) is 5.57. The van der Waals surface area contributed by atoms with Crippen molar-refractivity contribution >= 4 is 7.37 Å². The molecule has 0 spiro atoms. The van der Waals surface area contributed by atoms with Crippen molar-refractivity contribution in [3.05, 3.63) is 0 Å². The summed E-state index contributed by atoms with van der Waals surface area (Å²) in [5.41, 5.74) is 0. The van der Waals surface area contributed by atoms with Gasteiger partial charge in [-0.15, -0.1) is 0 Å². The highest BCUT2D eigenvalue weighted by atomic mass is 31.2. The van der Waals surface area contributed by atoms with Crippen LogP contribution in [0.2, 0.25) is 0 Å². The van der Waals surface area contributed by atoms with E-state index in [1.165, 1.54) is 96.6 Å². The number of hydrogen-bond donors (Lipinski definition) is 1. The number of hydrogen-bond acceptors (Lipinski definition) is 1. The lowest BCUT2D eigenvalue weighted by Gasteiger charge is -2.05. The van der Waals surface area contributed by atoms with Crippen molar-refractivity contribution in [2.24, 2.45) is 0 Å². The second-order valence-electron chi connectivity index (χ2n) is 7.08. The normalized spacial score (nSPS) is 14.1. The van der Waals surface area contributed by atoms with Crippen LogP contribution in [0.1, 0.15) is 110 Å². The Hall–Kier alpha value is 0.190. The molecule has 3 heteroatoms. The Kier molecular flexibility index (Phi) is 16.2. The first kappa shape index (κ1) is 22.2. The van der Waals surface area contributed by atoms with Gasteiger partial charge in [0.05, 0.1) is 0 Å². The van der Waals surface area contributed by atoms with Crippen LogP contribution in [-0.2, 0) is 4.57 Å². The molecule has 134 valence electrons. The fraction of sp³-hybridized carbons (Fsp3) is 1.00. The van der Waals surface area contributed by atoms with Gasteiger partial charge in [0.25, 0.3) is 0 Å². The number of unbranched alkanes of at least 4 members (excludes halogenated alkanes) is 15. The maximum atomic E-state index is 11.1. The fourth-order valence-corrected chi connectivity index (χ4v) is 3.76. The van der Waals surface area contributed by atoms with Crippen LogP contribution < -0.4 is 0 Å². The SMILES string of the molecule is CCCCCCCCCCCCCCCCCCP(C)(=O)O. The van der Waals surface area contributed by atoms with Gasteiger partial charge in [-0.05, 0) is 6.42 Å². The summed E-state index contributed by atoms with van der Waals surface area (Å²) in [5.74, 6) is 0. The van der Waals surface area contributed by atoms with E-state index in [1.807, 2.05) is 0 Å². The molecule has 0 rings (SSSR count). The molecule has 0 saturated carbocycles. The molecule has 0 aromatic rings. The van der Waals surface area contributed by atoms with E-state index in [-0.39, 0.29) is 0 Å². The van der Waals surface area contributed by atoms with Gasteiger partial charge < -0.3 is 4.89 Å². The van der Waals surface area contributed by atoms with Crippen LogP contribution in [0.25, 0.3) is 0 Å². The summed E-state index contributed by atoms with van der Waals surface area (Å²) in [4.78, 5) is 9.19. The zero-order valence-corrected chi connectivity index (χ0v) is 16.2. The molecule has 2 nitrogen and oxygen atoms in total. The van der Waals surface area contributed by atoms with Gasteiger partial charge >= 0.3 is 0 Å². The second kappa shape index (κ2) is 16.1. The first-order chi connectivity index (χ1) is 10.6. The van der Waals surface area contributed by atoms with E-state index in [0.717, 1.165) is 12.8 Å². The molecule has 0 radical (unpaired) electrons. The van der Waals surface area contributed by atoms with E-state index in [4.69, 9.17) is 0 Å². The molecule has 0 aromatic heterocycles. The minimum atomic E-state index is -2.75. The average Bonchev–Trinajstić information content (AvgIpc) is 2.45. The summed E-state index contributed by atoms with van der Waals surface area (Å²) in [7, 11) is -2.75. The Labute approximate surface area is 139 Å². The molecule has 0 bridgehead atoms. The summed E-state index contributed by atoms with van der Waals surface area (Å²) in [6.07, 6.45) is 22.0. The van der Waals surface area contributed by atoms with Gasteiger partial charge in [0.15, 0.2) is 7.37 Å². The molecule has 0 amide bonds. The van der Waals surface area contributed by atoms with E-state index < -0.39 is 7.37 Å². The van der Waals surface area contributed by atoms with E-state index in [1.54, 1.807) is 0 Å². The van der Waals surface area contributed by atoms with Gasteiger partial charge in [-0.2, -0.15) is 0 Å². The summed E-state index contributed by atoms with van der Waals surface area (Å²) in [5, 5.41) is 0. The quantitative estimate of drug-likeness (QED) is 0.227. The van der Waals surface area contributed by atoms with Gasteiger partial charge in [-0.1, -0.05) is 103 Å². The predicted molar refractivity (Wildman–Crippen MR) is 100 cm³/mol. The molecule has 1 unspecified atom stereocenters. The Morgan fingerprint density at radius 2 is 0.864 bits per heavy atom. The summed E-state index contributed by atoms with van der Waals surface area (Å²) in [6.45, 7) is 3.75. The van der Waals surface area contributed by atoms with Crippen LogP contribution in [0.4, 0.5) is 0 Å². The topological polar surface area (TPSA) is 37.3 Å². The Bertz CT molecular complexity index is 260. The van der Waals surface area contributed by atoms with Crippen molar-refractivity contribution in [2.45, 2.75) is 110 Å². The van der Waals surface area contributed by atoms with E-state index in [9.17, 15) is 9.46 Å². The third-order valence-electron chi connectivity index (χ3n) is 4.43. The van der Waals surface area contributed by atoms with Crippen molar-refractivity contribution in [3.63, 3.8) is 0 Å². The van der Waals surface area contributed by atoms with E-state index in [2.05, 4.69) is 6.92 Å². The minimum Gasteiger partial charge on any atom is -0.344 e. The molecule has 0 saturated heterocycles. The van der Waals surface area contributed by atoms with Crippen LogP contribution in [0.15, 0.2) is 0 Å². The molecule has 1 atom stereocenters. The third kappa shape index (κ3) is 20.2. The first-order valence-corrected chi connectivity index (χ1v) is 12.1. The molecule has 0 aliphatic rings. The number of rotatable bonds is 17. The summed E-state index contributed by atoms with van der Waals surface area (Å²) < 4.78 is 11.1. The van der Waals surface area contributed by atoms with Crippen molar-refractivity contribution in [1.82, 2.24) is 0 Å². The monoisotopic (exact) mass is 332 g/mol. The molecular weight excluding hydrogens is 291 g/mol. The van der Waals surface area contributed by atoms with Crippen molar-refractivity contribution in [3.8, 4) is 0 Å². The zero-order valence-electron chi connectivity index (χ0n) is 15.3. The van der Waals surface area contributed by atoms with Crippen LogP contribution in [0.5, 0.6) is 0 Å². The molecular formula is C19H41O2P. The van der Waals surface area contributed by atoms with Gasteiger partial charge in [0, 0.05) is 12.8 Å². The van der Waals surface area contributed by atoms with Gasteiger partial charge in [0.1, 0.15) is 0 Å². The standard InChI is InChI=1S/C19H41O2P/c1-3-4-5-6-7-8-9-10-11-12-13-14-15-16-17-18-19-22(2,20)21/h3-19H2,1-2H3,(H,20,21). The lowest BCUT2D eigenvalue weighted by atomic mass is 10.0. The van der Waals surface area contributed by atoms with Crippen LogP contribution in [0.3, 0.4) is 0 Å². The molecule has 0 heterocycles. The predicted octanol–water partition coefficient (Wildman–Crippen LogP) is 7.15. The van der Waals surface area contributed by atoms with Gasteiger partial charge in [0.2, 0.25) is 0 Å².